The Morgan fingerprint density at radius 3 is 2.45 bits per heavy atom. The van der Waals surface area contributed by atoms with E-state index >= 15 is 0 Å². The van der Waals surface area contributed by atoms with Gasteiger partial charge in [0.15, 0.2) is 0 Å². The monoisotopic (exact) mass is 446 g/mol. The molecule has 1 aromatic carbocycles. The number of sulfonamides is 1. The molecule has 1 saturated carbocycles. The average Bonchev–Trinajstić information content (AvgIpc) is 3.28. The molecule has 8 heteroatoms. The Morgan fingerprint density at radius 1 is 1.13 bits per heavy atom. The van der Waals surface area contributed by atoms with E-state index in [2.05, 4.69) is 45.1 Å². The van der Waals surface area contributed by atoms with Crippen molar-refractivity contribution in [3.8, 4) is 0 Å². The summed E-state index contributed by atoms with van der Waals surface area (Å²) in [7, 11) is -1.36. The lowest BCUT2D eigenvalue weighted by molar-refractivity contribution is 0.0157. The molecule has 0 bridgehead atoms. The molecule has 0 radical (unpaired) electrons. The highest BCUT2D eigenvalue weighted by atomic mass is 32.2. The van der Waals surface area contributed by atoms with Crippen molar-refractivity contribution < 1.29 is 13.2 Å². The summed E-state index contributed by atoms with van der Waals surface area (Å²) in [6, 6.07) is 10.5. The Kier molecular flexibility index (Phi) is 6.69. The van der Waals surface area contributed by atoms with Gasteiger partial charge in [-0.1, -0.05) is 30.3 Å². The van der Waals surface area contributed by atoms with Crippen LogP contribution in [0.1, 0.15) is 49.3 Å². The van der Waals surface area contributed by atoms with E-state index in [9.17, 15) is 8.42 Å². The van der Waals surface area contributed by atoms with Crippen molar-refractivity contribution in [1.29, 1.82) is 0 Å². The zero-order valence-electron chi connectivity index (χ0n) is 18.7. The second-order valence-electron chi connectivity index (χ2n) is 9.00. The number of anilines is 1. The minimum atomic E-state index is -3.29. The van der Waals surface area contributed by atoms with Crippen LogP contribution in [0.5, 0.6) is 0 Å². The molecule has 1 N–H and O–H groups in total. The zero-order chi connectivity index (χ0) is 22.0. The summed E-state index contributed by atoms with van der Waals surface area (Å²) in [5.74, 6) is 0.613. The van der Waals surface area contributed by atoms with Crippen LogP contribution in [0.4, 0.5) is 5.69 Å². The lowest BCUT2D eigenvalue weighted by Crippen LogP contribution is -2.48. The molecule has 0 unspecified atom stereocenters. The SMILES string of the molecule is Cc1c(N2CC[C@H](NS(C)(=O)=O)[C@@H]2COC2CCC(c3ccccc3)CC2)cnn1C. The van der Waals surface area contributed by atoms with E-state index in [1.54, 1.807) is 0 Å². The number of aromatic nitrogens is 2. The summed E-state index contributed by atoms with van der Waals surface area (Å²) in [6.45, 7) is 3.35. The first kappa shape index (κ1) is 22.3. The molecule has 1 aliphatic carbocycles. The molecule has 2 aliphatic rings. The molecule has 1 aromatic heterocycles. The van der Waals surface area contributed by atoms with Crippen molar-refractivity contribution in [2.75, 3.05) is 24.3 Å². The first-order valence-electron chi connectivity index (χ1n) is 11.2. The van der Waals surface area contributed by atoms with Gasteiger partial charge < -0.3 is 9.64 Å². The largest absolute Gasteiger partial charge is 0.376 e. The average molecular weight is 447 g/mol. The molecular weight excluding hydrogens is 412 g/mol. The highest BCUT2D eigenvalue weighted by molar-refractivity contribution is 7.88. The summed E-state index contributed by atoms with van der Waals surface area (Å²) < 4.78 is 35.0. The molecule has 1 aliphatic heterocycles. The second-order valence-corrected chi connectivity index (χ2v) is 10.8. The van der Waals surface area contributed by atoms with E-state index in [1.165, 1.54) is 11.8 Å². The van der Waals surface area contributed by atoms with E-state index in [0.717, 1.165) is 50.0 Å². The highest BCUT2D eigenvalue weighted by Gasteiger charge is 2.38. The summed E-state index contributed by atoms with van der Waals surface area (Å²) in [5, 5.41) is 4.38. The predicted molar refractivity (Wildman–Crippen MR) is 123 cm³/mol. The van der Waals surface area contributed by atoms with E-state index in [0.29, 0.717) is 12.5 Å². The van der Waals surface area contributed by atoms with E-state index in [4.69, 9.17) is 4.74 Å². The molecule has 2 aromatic rings. The van der Waals surface area contributed by atoms with E-state index in [1.807, 2.05) is 24.9 Å². The van der Waals surface area contributed by atoms with Crippen molar-refractivity contribution in [1.82, 2.24) is 14.5 Å². The molecular formula is C23H34N4O3S. The third-order valence-electron chi connectivity index (χ3n) is 6.88. The smallest absolute Gasteiger partial charge is 0.209 e. The van der Waals surface area contributed by atoms with Gasteiger partial charge in [0.05, 0.1) is 42.6 Å². The lowest BCUT2D eigenvalue weighted by atomic mass is 9.83. The fraction of sp³-hybridized carbons (Fsp3) is 0.609. The van der Waals surface area contributed by atoms with Gasteiger partial charge in [-0.2, -0.15) is 5.10 Å². The van der Waals surface area contributed by atoms with Gasteiger partial charge in [-0.05, 0) is 50.5 Å². The van der Waals surface area contributed by atoms with Crippen LogP contribution in [-0.2, 0) is 21.8 Å². The van der Waals surface area contributed by atoms with Crippen molar-refractivity contribution in [2.24, 2.45) is 7.05 Å². The molecule has 31 heavy (non-hydrogen) atoms. The van der Waals surface area contributed by atoms with Crippen LogP contribution < -0.4 is 9.62 Å². The quantitative estimate of drug-likeness (QED) is 0.708. The first-order valence-corrected chi connectivity index (χ1v) is 13.1. The molecule has 170 valence electrons. The van der Waals surface area contributed by atoms with E-state index < -0.39 is 10.0 Å². The van der Waals surface area contributed by atoms with Gasteiger partial charge in [0.1, 0.15) is 0 Å². The number of aryl methyl sites for hydroxylation is 1. The van der Waals surface area contributed by atoms with Gasteiger partial charge in [-0.25, -0.2) is 13.1 Å². The van der Waals surface area contributed by atoms with Gasteiger partial charge in [-0.3, -0.25) is 4.68 Å². The third kappa shape index (κ3) is 5.30. The number of nitrogens with one attached hydrogen (secondary N) is 1. The van der Waals surface area contributed by atoms with Crippen LogP contribution in [0.25, 0.3) is 0 Å². The summed E-state index contributed by atoms with van der Waals surface area (Å²) >= 11 is 0. The van der Waals surface area contributed by atoms with Crippen LogP contribution in [0.15, 0.2) is 36.5 Å². The van der Waals surface area contributed by atoms with Crippen LogP contribution in [0.3, 0.4) is 0 Å². The molecule has 2 atom stereocenters. The normalized spacial score (nSPS) is 27.0. The van der Waals surface area contributed by atoms with Crippen LogP contribution >= 0.6 is 0 Å². The molecule has 0 spiro atoms. The molecule has 4 rings (SSSR count). The number of rotatable bonds is 7. The summed E-state index contributed by atoms with van der Waals surface area (Å²) in [4.78, 5) is 2.26. The fourth-order valence-corrected chi connectivity index (χ4v) is 5.89. The molecule has 1 saturated heterocycles. The van der Waals surface area contributed by atoms with Crippen molar-refractivity contribution in [3.63, 3.8) is 0 Å². The lowest BCUT2D eigenvalue weighted by Gasteiger charge is -2.33. The van der Waals surface area contributed by atoms with Crippen molar-refractivity contribution in [2.45, 2.75) is 63.1 Å². The number of hydrogen-bond donors (Lipinski definition) is 1. The van der Waals surface area contributed by atoms with Gasteiger partial charge in [0.25, 0.3) is 0 Å². The molecule has 7 nitrogen and oxygen atoms in total. The number of benzene rings is 1. The maximum Gasteiger partial charge on any atom is 0.209 e. The Morgan fingerprint density at radius 2 is 1.84 bits per heavy atom. The van der Waals surface area contributed by atoms with Gasteiger partial charge in [0.2, 0.25) is 10.0 Å². The standard InChI is InChI=1S/C23H34N4O3S/c1-17-22(15-24-26(17)2)27-14-13-21(25-31(3,28)29)23(27)16-30-20-11-9-19(10-12-20)18-7-5-4-6-8-18/h4-8,15,19-21,23,25H,9-14,16H2,1-3H3/t19?,20?,21-,23-/m0/s1. The Balaban J connectivity index is 1.40. The van der Waals surface area contributed by atoms with Gasteiger partial charge in [-0.15, -0.1) is 0 Å². The number of hydrogen-bond acceptors (Lipinski definition) is 5. The second kappa shape index (κ2) is 9.30. The Hall–Kier alpha value is -1.90. The fourth-order valence-electron chi connectivity index (χ4n) is 5.06. The maximum atomic E-state index is 11.9. The Labute approximate surface area is 185 Å². The molecule has 2 heterocycles. The van der Waals surface area contributed by atoms with E-state index in [-0.39, 0.29) is 18.2 Å². The van der Waals surface area contributed by atoms with Crippen molar-refractivity contribution in [3.05, 3.63) is 47.8 Å². The maximum absolute atomic E-state index is 11.9. The third-order valence-corrected chi connectivity index (χ3v) is 7.61. The number of nitrogens with zero attached hydrogens (tertiary/aromatic N) is 3. The van der Waals surface area contributed by atoms with Crippen LogP contribution in [0, 0.1) is 6.92 Å². The van der Waals surface area contributed by atoms with Crippen molar-refractivity contribution >= 4 is 15.7 Å². The summed E-state index contributed by atoms with van der Waals surface area (Å²) in [6.07, 6.45) is 8.45. The van der Waals surface area contributed by atoms with Crippen LogP contribution in [-0.4, -0.2) is 55.8 Å². The minimum absolute atomic E-state index is 0.0375. The Bertz CT molecular complexity index is 968. The minimum Gasteiger partial charge on any atom is -0.376 e. The highest BCUT2D eigenvalue weighted by Crippen LogP contribution is 2.35. The topological polar surface area (TPSA) is 76.5 Å². The van der Waals surface area contributed by atoms with Gasteiger partial charge in [0, 0.05) is 19.6 Å². The number of ether oxygens (including phenoxy) is 1. The first-order chi connectivity index (χ1) is 14.8. The van der Waals surface area contributed by atoms with Crippen LogP contribution in [0.2, 0.25) is 0 Å². The zero-order valence-corrected chi connectivity index (χ0v) is 19.5. The van der Waals surface area contributed by atoms with Gasteiger partial charge >= 0.3 is 0 Å². The predicted octanol–water partition coefficient (Wildman–Crippen LogP) is 2.97. The molecule has 2 fully saturated rings. The molecule has 0 amide bonds. The summed E-state index contributed by atoms with van der Waals surface area (Å²) in [5.41, 5.74) is 3.56.